The molecule has 1 aromatic rings. The van der Waals surface area contributed by atoms with Crippen molar-refractivity contribution in [2.75, 3.05) is 38.7 Å². The van der Waals surface area contributed by atoms with Crippen LogP contribution in [0.15, 0.2) is 11.4 Å². The minimum Gasteiger partial charge on any atom is -0.480 e. The summed E-state index contributed by atoms with van der Waals surface area (Å²) in [5, 5.41) is 22.6. The number of carboxylic acid groups (broad SMARTS) is 1. The van der Waals surface area contributed by atoms with Gasteiger partial charge < -0.3 is 15.2 Å². The van der Waals surface area contributed by atoms with E-state index < -0.39 is 5.97 Å². The SMILES string of the molecule is COCCN(CCC(=O)Nc1sccc1C#N)CC(=O)O. The molecular weight excluding hydrogens is 294 g/mol. The molecule has 0 aromatic carbocycles. The number of carbonyl (C=O) groups is 2. The molecule has 0 bridgehead atoms. The van der Waals surface area contributed by atoms with E-state index in [1.807, 2.05) is 6.07 Å². The maximum absolute atomic E-state index is 11.8. The van der Waals surface area contributed by atoms with Crippen molar-refractivity contribution in [2.24, 2.45) is 0 Å². The Morgan fingerprint density at radius 1 is 1.52 bits per heavy atom. The molecule has 0 saturated carbocycles. The largest absolute Gasteiger partial charge is 0.480 e. The van der Waals surface area contributed by atoms with Crippen molar-refractivity contribution in [2.45, 2.75) is 6.42 Å². The van der Waals surface area contributed by atoms with E-state index in [4.69, 9.17) is 15.1 Å². The first-order chi connectivity index (χ1) is 10.1. The average Bonchev–Trinajstić information content (AvgIpc) is 2.88. The number of rotatable bonds is 9. The predicted octanol–water partition coefficient (Wildman–Crippen LogP) is 0.981. The number of hydrogen-bond donors (Lipinski definition) is 2. The molecule has 0 aliphatic rings. The maximum atomic E-state index is 11.8. The molecule has 7 nitrogen and oxygen atoms in total. The van der Waals surface area contributed by atoms with Gasteiger partial charge in [-0.15, -0.1) is 11.3 Å². The molecule has 2 N–H and O–H groups in total. The molecule has 21 heavy (non-hydrogen) atoms. The number of anilines is 1. The highest BCUT2D eigenvalue weighted by Gasteiger charge is 2.13. The topological polar surface area (TPSA) is 103 Å². The van der Waals surface area contributed by atoms with Crippen molar-refractivity contribution in [3.63, 3.8) is 0 Å². The van der Waals surface area contributed by atoms with Crippen LogP contribution in [0.3, 0.4) is 0 Å². The Balaban J connectivity index is 2.45. The average molecular weight is 311 g/mol. The van der Waals surface area contributed by atoms with Gasteiger partial charge in [0.2, 0.25) is 5.91 Å². The Bertz CT molecular complexity index is 524. The van der Waals surface area contributed by atoms with Crippen molar-refractivity contribution in [3.05, 3.63) is 17.0 Å². The van der Waals surface area contributed by atoms with Crippen molar-refractivity contribution in [1.29, 1.82) is 5.26 Å². The van der Waals surface area contributed by atoms with Gasteiger partial charge in [-0.25, -0.2) is 0 Å². The van der Waals surface area contributed by atoms with E-state index in [0.29, 0.717) is 30.3 Å². The number of amides is 1. The van der Waals surface area contributed by atoms with Gasteiger partial charge in [-0.1, -0.05) is 0 Å². The number of nitrogens with zero attached hydrogens (tertiary/aromatic N) is 2. The van der Waals surface area contributed by atoms with Gasteiger partial charge >= 0.3 is 5.97 Å². The number of hydrogen-bond acceptors (Lipinski definition) is 6. The highest BCUT2D eigenvalue weighted by Crippen LogP contribution is 2.22. The molecular formula is C13H17N3O4S. The van der Waals surface area contributed by atoms with E-state index in [2.05, 4.69) is 5.32 Å². The molecule has 1 rings (SSSR count). The van der Waals surface area contributed by atoms with Gasteiger partial charge in [0.1, 0.15) is 11.1 Å². The number of ether oxygens (including phenoxy) is 1. The van der Waals surface area contributed by atoms with Gasteiger partial charge in [-0.2, -0.15) is 5.26 Å². The van der Waals surface area contributed by atoms with Crippen LogP contribution >= 0.6 is 11.3 Å². The lowest BCUT2D eigenvalue weighted by molar-refractivity contribution is -0.138. The normalized spacial score (nSPS) is 10.3. The molecule has 8 heteroatoms. The van der Waals surface area contributed by atoms with E-state index in [1.165, 1.54) is 18.4 Å². The first-order valence-electron chi connectivity index (χ1n) is 6.27. The van der Waals surface area contributed by atoms with E-state index >= 15 is 0 Å². The monoisotopic (exact) mass is 311 g/mol. The number of nitriles is 1. The van der Waals surface area contributed by atoms with Gasteiger partial charge in [-0.05, 0) is 11.4 Å². The highest BCUT2D eigenvalue weighted by molar-refractivity contribution is 7.14. The maximum Gasteiger partial charge on any atom is 0.317 e. The molecule has 0 unspecified atom stereocenters. The van der Waals surface area contributed by atoms with Gasteiger partial charge in [0.15, 0.2) is 0 Å². The lowest BCUT2D eigenvalue weighted by Gasteiger charge is -2.19. The first-order valence-corrected chi connectivity index (χ1v) is 7.15. The van der Waals surface area contributed by atoms with Gasteiger partial charge in [0.05, 0.1) is 18.7 Å². The van der Waals surface area contributed by atoms with Gasteiger partial charge in [0, 0.05) is 26.6 Å². The van der Waals surface area contributed by atoms with E-state index in [9.17, 15) is 9.59 Å². The van der Waals surface area contributed by atoms with Crippen LogP contribution in [0.1, 0.15) is 12.0 Å². The Kier molecular flexibility index (Phi) is 7.39. The van der Waals surface area contributed by atoms with Crippen molar-refractivity contribution < 1.29 is 19.4 Å². The van der Waals surface area contributed by atoms with Crippen LogP contribution in [0.25, 0.3) is 0 Å². The van der Waals surface area contributed by atoms with Crippen LogP contribution in [-0.2, 0) is 14.3 Å². The third-order valence-electron chi connectivity index (χ3n) is 2.66. The van der Waals surface area contributed by atoms with Crippen molar-refractivity contribution in [3.8, 4) is 6.07 Å². The zero-order valence-electron chi connectivity index (χ0n) is 11.7. The van der Waals surface area contributed by atoms with E-state index in [0.717, 1.165) is 0 Å². The summed E-state index contributed by atoms with van der Waals surface area (Å²) in [6, 6.07) is 3.63. The Hall–Kier alpha value is -1.95. The van der Waals surface area contributed by atoms with E-state index in [-0.39, 0.29) is 18.9 Å². The summed E-state index contributed by atoms with van der Waals surface area (Å²) in [5.74, 6) is -1.20. The lowest BCUT2D eigenvalue weighted by Crippen LogP contribution is -2.35. The molecule has 1 heterocycles. The summed E-state index contributed by atoms with van der Waals surface area (Å²) in [6.45, 7) is 1.02. The zero-order valence-corrected chi connectivity index (χ0v) is 12.5. The second kappa shape index (κ2) is 9.07. The van der Waals surface area contributed by atoms with Crippen molar-refractivity contribution >= 4 is 28.2 Å². The predicted molar refractivity (Wildman–Crippen MR) is 78.2 cm³/mol. The number of nitrogens with one attached hydrogen (secondary N) is 1. The summed E-state index contributed by atoms with van der Waals surface area (Å²) in [7, 11) is 1.53. The smallest absolute Gasteiger partial charge is 0.317 e. The third kappa shape index (κ3) is 6.35. The molecule has 0 aliphatic carbocycles. The summed E-state index contributed by atoms with van der Waals surface area (Å²) in [6.07, 6.45) is 0.153. The molecule has 0 spiro atoms. The van der Waals surface area contributed by atoms with Gasteiger partial charge in [-0.3, -0.25) is 14.5 Å². The highest BCUT2D eigenvalue weighted by atomic mass is 32.1. The molecule has 1 amide bonds. The number of carbonyl (C=O) groups excluding carboxylic acids is 1. The first kappa shape index (κ1) is 17.1. The van der Waals surface area contributed by atoms with Crippen LogP contribution in [0.2, 0.25) is 0 Å². The number of aliphatic carboxylic acids is 1. The van der Waals surface area contributed by atoms with E-state index in [1.54, 1.807) is 16.3 Å². The van der Waals surface area contributed by atoms with Crippen molar-refractivity contribution in [1.82, 2.24) is 4.90 Å². The summed E-state index contributed by atoms with van der Waals surface area (Å²) in [4.78, 5) is 24.2. The quantitative estimate of drug-likeness (QED) is 0.705. The Labute approximate surface area is 126 Å². The van der Waals surface area contributed by atoms with Crippen LogP contribution in [0, 0.1) is 11.3 Å². The molecule has 0 atom stereocenters. The second-order valence-electron chi connectivity index (χ2n) is 4.24. The number of carboxylic acids is 1. The fourth-order valence-corrected chi connectivity index (χ4v) is 2.38. The molecule has 0 radical (unpaired) electrons. The van der Waals surface area contributed by atoms with Crippen LogP contribution in [0.4, 0.5) is 5.00 Å². The van der Waals surface area contributed by atoms with Crippen LogP contribution in [-0.4, -0.2) is 55.2 Å². The summed E-state index contributed by atoms with van der Waals surface area (Å²) >= 11 is 1.28. The van der Waals surface area contributed by atoms with Crippen LogP contribution in [0.5, 0.6) is 0 Å². The Morgan fingerprint density at radius 3 is 2.90 bits per heavy atom. The number of methoxy groups -OCH3 is 1. The molecule has 0 saturated heterocycles. The van der Waals surface area contributed by atoms with Gasteiger partial charge in [0.25, 0.3) is 0 Å². The minimum atomic E-state index is -0.948. The Morgan fingerprint density at radius 2 is 2.29 bits per heavy atom. The fourth-order valence-electron chi connectivity index (χ4n) is 1.62. The fraction of sp³-hybridized carbons (Fsp3) is 0.462. The third-order valence-corrected chi connectivity index (χ3v) is 3.49. The second-order valence-corrected chi connectivity index (χ2v) is 5.15. The number of thiophene rings is 1. The standard InChI is InChI=1S/C13H17N3O4S/c1-20-6-5-16(9-12(18)19)4-2-11(17)15-13-10(8-14)3-7-21-13/h3,7H,2,4-6,9H2,1H3,(H,15,17)(H,18,19). The summed E-state index contributed by atoms with van der Waals surface area (Å²) < 4.78 is 4.91. The lowest BCUT2D eigenvalue weighted by atomic mass is 10.3. The molecule has 1 aromatic heterocycles. The summed E-state index contributed by atoms with van der Waals surface area (Å²) in [5.41, 5.74) is 0.426. The zero-order chi connectivity index (χ0) is 15.7. The molecule has 0 aliphatic heterocycles. The minimum absolute atomic E-state index is 0.140. The van der Waals surface area contributed by atoms with Crippen LogP contribution < -0.4 is 5.32 Å². The molecule has 0 fully saturated rings. The molecule has 114 valence electrons.